The molecular weight excluding hydrogens is 208 g/mol. The molecule has 0 aliphatic heterocycles. The first-order valence-electron chi connectivity index (χ1n) is 5.78. The smallest absolute Gasteiger partial charge is 0.303 e. The molecule has 4 heteroatoms. The molecule has 0 heterocycles. The monoisotopic (exact) mass is 230 g/mol. The summed E-state index contributed by atoms with van der Waals surface area (Å²) in [4.78, 5) is 21.7. The van der Waals surface area contributed by atoms with Crippen LogP contribution in [0.4, 0.5) is 0 Å². The van der Waals surface area contributed by atoms with E-state index in [0.717, 1.165) is 6.42 Å². The Morgan fingerprint density at radius 1 is 1.12 bits per heavy atom. The van der Waals surface area contributed by atoms with Crippen molar-refractivity contribution in [1.29, 1.82) is 0 Å². The van der Waals surface area contributed by atoms with Crippen molar-refractivity contribution in [2.75, 3.05) is 0 Å². The van der Waals surface area contributed by atoms with Gasteiger partial charge in [0, 0.05) is 0 Å². The summed E-state index contributed by atoms with van der Waals surface area (Å²) >= 11 is 0. The van der Waals surface area contributed by atoms with Crippen molar-refractivity contribution in [3.8, 4) is 0 Å². The molecule has 4 nitrogen and oxygen atoms in total. The van der Waals surface area contributed by atoms with Gasteiger partial charge in [0.05, 0.1) is 12.8 Å². The number of carboxylic acids is 2. The van der Waals surface area contributed by atoms with E-state index in [1.54, 1.807) is 0 Å². The lowest BCUT2D eigenvalue weighted by atomic mass is 9.72. The second kappa shape index (κ2) is 6.51. The standard InChI is InChI=1S/C12H22O4/c1-4-9(3)6-12(5-2,7-10(13)14)8-11(15)16/h9H,4-8H2,1-3H3,(H,13,14)(H,15,16). The molecule has 0 aromatic heterocycles. The van der Waals surface area contributed by atoms with Crippen molar-refractivity contribution in [3.63, 3.8) is 0 Å². The van der Waals surface area contributed by atoms with E-state index in [4.69, 9.17) is 10.2 Å². The number of rotatable bonds is 8. The predicted octanol–water partition coefficient (Wildman–Crippen LogP) is 2.77. The SMILES string of the molecule is CCC(C)CC(CC)(CC(=O)O)CC(=O)O. The van der Waals surface area contributed by atoms with E-state index in [0.29, 0.717) is 18.8 Å². The van der Waals surface area contributed by atoms with Crippen LogP contribution >= 0.6 is 0 Å². The normalized spacial score (nSPS) is 13.4. The lowest BCUT2D eigenvalue weighted by molar-refractivity contribution is -0.144. The van der Waals surface area contributed by atoms with E-state index in [1.165, 1.54) is 0 Å². The average molecular weight is 230 g/mol. The first kappa shape index (κ1) is 14.9. The number of aliphatic carboxylic acids is 2. The molecule has 0 saturated carbocycles. The van der Waals surface area contributed by atoms with Gasteiger partial charge in [0.25, 0.3) is 0 Å². The van der Waals surface area contributed by atoms with Crippen molar-refractivity contribution < 1.29 is 19.8 Å². The molecule has 0 aromatic carbocycles. The molecule has 0 amide bonds. The molecule has 0 aliphatic rings. The van der Waals surface area contributed by atoms with Gasteiger partial charge in [-0.15, -0.1) is 0 Å². The maximum Gasteiger partial charge on any atom is 0.303 e. The third-order valence-corrected chi connectivity index (χ3v) is 3.28. The Morgan fingerprint density at radius 3 is 1.81 bits per heavy atom. The fraction of sp³-hybridized carbons (Fsp3) is 0.833. The largest absolute Gasteiger partial charge is 0.481 e. The van der Waals surface area contributed by atoms with E-state index in [-0.39, 0.29) is 12.8 Å². The average Bonchev–Trinajstić information content (AvgIpc) is 2.15. The van der Waals surface area contributed by atoms with Crippen LogP contribution in [-0.2, 0) is 9.59 Å². The minimum absolute atomic E-state index is 0.0554. The zero-order valence-electron chi connectivity index (χ0n) is 10.3. The molecule has 0 spiro atoms. The lowest BCUT2D eigenvalue weighted by Crippen LogP contribution is -2.29. The van der Waals surface area contributed by atoms with Gasteiger partial charge in [-0.2, -0.15) is 0 Å². The Balaban J connectivity index is 4.79. The minimum Gasteiger partial charge on any atom is -0.481 e. The summed E-state index contributed by atoms with van der Waals surface area (Å²) in [5.41, 5.74) is -0.590. The molecule has 16 heavy (non-hydrogen) atoms. The molecule has 0 aliphatic carbocycles. The first-order chi connectivity index (χ1) is 7.35. The summed E-state index contributed by atoms with van der Waals surface area (Å²) < 4.78 is 0. The molecule has 1 unspecified atom stereocenters. The highest BCUT2D eigenvalue weighted by molar-refractivity contribution is 5.71. The van der Waals surface area contributed by atoms with Crippen molar-refractivity contribution >= 4 is 11.9 Å². The van der Waals surface area contributed by atoms with Gasteiger partial charge in [-0.05, 0) is 24.2 Å². The second-order valence-electron chi connectivity index (χ2n) is 4.71. The molecule has 94 valence electrons. The van der Waals surface area contributed by atoms with Crippen molar-refractivity contribution in [1.82, 2.24) is 0 Å². The van der Waals surface area contributed by atoms with E-state index >= 15 is 0 Å². The Morgan fingerprint density at radius 2 is 1.56 bits per heavy atom. The molecule has 1 atom stereocenters. The quantitative estimate of drug-likeness (QED) is 0.672. The summed E-state index contributed by atoms with van der Waals surface area (Å²) in [6.07, 6.45) is 2.09. The Bertz CT molecular complexity index is 231. The Hall–Kier alpha value is -1.06. The van der Waals surface area contributed by atoms with Gasteiger partial charge < -0.3 is 10.2 Å². The van der Waals surface area contributed by atoms with Crippen LogP contribution in [0.25, 0.3) is 0 Å². The van der Waals surface area contributed by atoms with Gasteiger partial charge in [0.15, 0.2) is 0 Å². The number of hydrogen-bond donors (Lipinski definition) is 2. The van der Waals surface area contributed by atoms with E-state index in [2.05, 4.69) is 0 Å². The maximum absolute atomic E-state index is 10.8. The highest BCUT2D eigenvalue weighted by Gasteiger charge is 2.34. The zero-order valence-corrected chi connectivity index (χ0v) is 10.3. The first-order valence-corrected chi connectivity index (χ1v) is 5.78. The summed E-state index contributed by atoms with van der Waals surface area (Å²) in [5.74, 6) is -1.46. The summed E-state index contributed by atoms with van der Waals surface area (Å²) in [5, 5.41) is 17.8. The van der Waals surface area contributed by atoms with Crippen LogP contribution in [0.1, 0.15) is 52.9 Å². The zero-order chi connectivity index (χ0) is 12.8. The van der Waals surface area contributed by atoms with Crippen LogP contribution in [0, 0.1) is 11.3 Å². The fourth-order valence-corrected chi connectivity index (χ4v) is 2.13. The molecule has 0 bridgehead atoms. The number of hydrogen-bond acceptors (Lipinski definition) is 2. The Kier molecular flexibility index (Phi) is 6.08. The van der Waals surface area contributed by atoms with Crippen LogP contribution in [0.15, 0.2) is 0 Å². The summed E-state index contributed by atoms with van der Waals surface area (Å²) in [7, 11) is 0. The van der Waals surface area contributed by atoms with Gasteiger partial charge >= 0.3 is 11.9 Å². The van der Waals surface area contributed by atoms with E-state index in [1.807, 2.05) is 20.8 Å². The number of carboxylic acid groups (broad SMARTS) is 2. The van der Waals surface area contributed by atoms with Crippen LogP contribution < -0.4 is 0 Å². The van der Waals surface area contributed by atoms with Crippen molar-refractivity contribution in [2.24, 2.45) is 11.3 Å². The van der Waals surface area contributed by atoms with Gasteiger partial charge in [0.1, 0.15) is 0 Å². The molecule has 0 fully saturated rings. The van der Waals surface area contributed by atoms with Gasteiger partial charge in [-0.25, -0.2) is 0 Å². The van der Waals surface area contributed by atoms with Crippen molar-refractivity contribution in [2.45, 2.75) is 52.9 Å². The highest BCUT2D eigenvalue weighted by atomic mass is 16.4. The third-order valence-electron chi connectivity index (χ3n) is 3.28. The summed E-state index contributed by atoms with van der Waals surface area (Å²) in [6, 6.07) is 0. The predicted molar refractivity (Wildman–Crippen MR) is 61.3 cm³/mol. The maximum atomic E-state index is 10.8. The number of carbonyl (C=O) groups is 2. The molecule has 2 N–H and O–H groups in total. The summed E-state index contributed by atoms with van der Waals surface area (Å²) in [6.45, 7) is 5.94. The van der Waals surface area contributed by atoms with Crippen LogP contribution in [0.5, 0.6) is 0 Å². The molecule has 0 radical (unpaired) electrons. The lowest BCUT2D eigenvalue weighted by Gasteiger charge is -2.32. The topological polar surface area (TPSA) is 74.6 Å². The fourth-order valence-electron chi connectivity index (χ4n) is 2.13. The minimum atomic E-state index is -0.911. The van der Waals surface area contributed by atoms with Gasteiger partial charge in [-0.1, -0.05) is 27.2 Å². The molecule has 0 saturated heterocycles. The third kappa shape index (κ3) is 5.14. The van der Waals surface area contributed by atoms with Crippen molar-refractivity contribution in [3.05, 3.63) is 0 Å². The molecule has 0 aromatic rings. The van der Waals surface area contributed by atoms with E-state index in [9.17, 15) is 9.59 Å². The highest BCUT2D eigenvalue weighted by Crippen LogP contribution is 2.38. The van der Waals surface area contributed by atoms with Crippen LogP contribution in [-0.4, -0.2) is 22.2 Å². The van der Waals surface area contributed by atoms with Crippen LogP contribution in [0.3, 0.4) is 0 Å². The molecular formula is C12H22O4. The Labute approximate surface area is 96.7 Å². The van der Waals surface area contributed by atoms with Gasteiger partial charge in [-0.3, -0.25) is 9.59 Å². The molecule has 0 rings (SSSR count). The van der Waals surface area contributed by atoms with Gasteiger partial charge in [0.2, 0.25) is 0 Å². The second-order valence-corrected chi connectivity index (χ2v) is 4.71. The van der Waals surface area contributed by atoms with E-state index < -0.39 is 17.4 Å². The van der Waals surface area contributed by atoms with Crippen LogP contribution in [0.2, 0.25) is 0 Å².